The molecule has 0 saturated carbocycles. The highest BCUT2D eigenvalue weighted by atomic mass is 16.1. The molecule has 0 radical (unpaired) electrons. The fraction of sp³-hybridized carbons (Fsp3) is 0.217. The van der Waals surface area contributed by atoms with Crippen molar-refractivity contribution >= 4 is 34.0 Å². The van der Waals surface area contributed by atoms with Crippen LogP contribution >= 0.6 is 0 Å². The number of aromatic nitrogens is 3. The normalized spacial score (nSPS) is 11.8. The Hall–Kier alpha value is -3.14. The maximum atomic E-state index is 12.8. The van der Waals surface area contributed by atoms with Gasteiger partial charge in [-0.2, -0.15) is 0 Å². The highest BCUT2D eigenvalue weighted by molar-refractivity contribution is 5.93. The van der Waals surface area contributed by atoms with Crippen LogP contribution in [0.4, 0.5) is 0 Å². The molecule has 0 aliphatic carbocycles. The standard InChI is InChI=1S/C23H23N3O/c1-4-25-16(3)17(18-10-7-9-13-21(18)25)14-15-22-24-20-12-8-6-11-19(20)23(27)26(22)5-2/h6-15H,4-5H2,1-3H3. The van der Waals surface area contributed by atoms with Gasteiger partial charge in [-0.15, -0.1) is 0 Å². The Morgan fingerprint density at radius 2 is 1.56 bits per heavy atom. The van der Waals surface area contributed by atoms with Gasteiger partial charge >= 0.3 is 0 Å². The van der Waals surface area contributed by atoms with Crippen molar-refractivity contribution in [3.05, 3.63) is 76.0 Å². The molecule has 27 heavy (non-hydrogen) atoms. The van der Waals surface area contributed by atoms with Crippen molar-refractivity contribution in [3.63, 3.8) is 0 Å². The van der Waals surface area contributed by atoms with E-state index >= 15 is 0 Å². The van der Waals surface area contributed by atoms with Crippen molar-refractivity contribution in [2.45, 2.75) is 33.9 Å². The maximum Gasteiger partial charge on any atom is 0.261 e. The quantitative estimate of drug-likeness (QED) is 0.523. The smallest absolute Gasteiger partial charge is 0.261 e. The Morgan fingerprint density at radius 1 is 0.889 bits per heavy atom. The number of fused-ring (bicyclic) bond motifs is 2. The Labute approximate surface area is 158 Å². The number of aryl methyl sites for hydroxylation is 1. The van der Waals surface area contributed by atoms with E-state index in [0.717, 1.165) is 12.1 Å². The number of benzene rings is 2. The Morgan fingerprint density at radius 3 is 2.30 bits per heavy atom. The molecular formula is C23H23N3O. The molecule has 0 aliphatic rings. The van der Waals surface area contributed by atoms with Crippen LogP contribution in [0.25, 0.3) is 34.0 Å². The van der Waals surface area contributed by atoms with E-state index < -0.39 is 0 Å². The number of hydrogen-bond acceptors (Lipinski definition) is 2. The summed E-state index contributed by atoms with van der Waals surface area (Å²) in [5, 5.41) is 1.88. The lowest BCUT2D eigenvalue weighted by atomic mass is 10.1. The predicted octanol–water partition coefficient (Wildman–Crippen LogP) is 4.87. The molecule has 4 nitrogen and oxygen atoms in total. The molecule has 4 aromatic rings. The second-order valence-electron chi connectivity index (χ2n) is 6.63. The van der Waals surface area contributed by atoms with Gasteiger partial charge in [0.2, 0.25) is 0 Å². The van der Waals surface area contributed by atoms with Crippen LogP contribution in [0.1, 0.15) is 30.9 Å². The third-order valence-corrected chi connectivity index (χ3v) is 5.20. The molecule has 2 aromatic heterocycles. The van der Waals surface area contributed by atoms with Crippen LogP contribution < -0.4 is 5.56 Å². The molecule has 4 rings (SSSR count). The molecule has 2 heterocycles. The van der Waals surface area contributed by atoms with Crippen LogP contribution in [-0.2, 0) is 13.1 Å². The summed E-state index contributed by atoms with van der Waals surface area (Å²) in [6.45, 7) is 7.79. The summed E-state index contributed by atoms with van der Waals surface area (Å²) in [6.07, 6.45) is 4.05. The van der Waals surface area contributed by atoms with Gasteiger partial charge in [-0.25, -0.2) is 4.98 Å². The van der Waals surface area contributed by atoms with E-state index in [1.165, 1.54) is 22.2 Å². The van der Waals surface area contributed by atoms with Crippen LogP contribution in [0, 0.1) is 6.92 Å². The SMILES string of the molecule is CCn1c(C=Cc2c(C)n(CC)c3ccccc23)nc2ccccc2c1=O. The summed E-state index contributed by atoms with van der Waals surface area (Å²) < 4.78 is 4.04. The molecule has 0 atom stereocenters. The zero-order valence-electron chi connectivity index (χ0n) is 15.9. The van der Waals surface area contributed by atoms with Gasteiger partial charge in [-0.05, 0) is 51.1 Å². The lowest BCUT2D eigenvalue weighted by Gasteiger charge is -2.08. The minimum atomic E-state index is 0.00968. The fourth-order valence-corrected chi connectivity index (χ4v) is 3.85. The molecule has 0 amide bonds. The molecule has 0 spiro atoms. The summed E-state index contributed by atoms with van der Waals surface area (Å²) in [4.78, 5) is 17.5. The van der Waals surface area contributed by atoms with Gasteiger partial charge in [0, 0.05) is 35.2 Å². The van der Waals surface area contributed by atoms with Gasteiger partial charge in [-0.3, -0.25) is 9.36 Å². The average molecular weight is 357 g/mol. The minimum absolute atomic E-state index is 0.00968. The van der Waals surface area contributed by atoms with Crippen LogP contribution in [-0.4, -0.2) is 14.1 Å². The predicted molar refractivity (Wildman–Crippen MR) is 113 cm³/mol. The van der Waals surface area contributed by atoms with Crippen LogP contribution in [0.5, 0.6) is 0 Å². The highest BCUT2D eigenvalue weighted by Gasteiger charge is 2.11. The summed E-state index contributed by atoms with van der Waals surface area (Å²) >= 11 is 0. The second-order valence-corrected chi connectivity index (χ2v) is 6.63. The molecule has 0 fully saturated rings. The van der Waals surface area contributed by atoms with E-state index in [-0.39, 0.29) is 5.56 Å². The van der Waals surface area contributed by atoms with Crippen molar-refractivity contribution in [1.29, 1.82) is 0 Å². The second kappa shape index (κ2) is 6.88. The minimum Gasteiger partial charge on any atom is -0.345 e. The highest BCUT2D eigenvalue weighted by Crippen LogP contribution is 2.27. The molecule has 0 saturated heterocycles. The monoisotopic (exact) mass is 357 g/mol. The van der Waals surface area contributed by atoms with E-state index in [0.29, 0.717) is 17.8 Å². The molecule has 4 heteroatoms. The molecular weight excluding hydrogens is 334 g/mol. The first kappa shape index (κ1) is 17.3. The first-order valence-corrected chi connectivity index (χ1v) is 9.41. The number of para-hydroxylation sites is 2. The lowest BCUT2D eigenvalue weighted by Crippen LogP contribution is -2.22. The van der Waals surface area contributed by atoms with Gasteiger partial charge in [-0.1, -0.05) is 30.3 Å². The zero-order valence-corrected chi connectivity index (χ0v) is 15.9. The summed E-state index contributed by atoms with van der Waals surface area (Å²) in [6, 6.07) is 16.0. The number of nitrogens with zero attached hydrogens (tertiary/aromatic N) is 3. The van der Waals surface area contributed by atoms with Crippen molar-refractivity contribution in [2.75, 3.05) is 0 Å². The number of hydrogen-bond donors (Lipinski definition) is 0. The first-order valence-electron chi connectivity index (χ1n) is 9.41. The summed E-state index contributed by atoms with van der Waals surface area (Å²) in [5.74, 6) is 0.689. The zero-order chi connectivity index (χ0) is 19.0. The Bertz CT molecular complexity index is 1230. The van der Waals surface area contributed by atoms with Crippen molar-refractivity contribution < 1.29 is 0 Å². The van der Waals surface area contributed by atoms with Crippen molar-refractivity contribution in [2.24, 2.45) is 0 Å². The molecule has 0 bridgehead atoms. The van der Waals surface area contributed by atoms with Gasteiger partial charge in [0.1, 0.15) is 5.82 Å². The van der Waals surface area contributed by atoms with Gasteiger partial charge in [0.15, 0.2) is 0 Å². The largest absolute Gasteiger partial charge is 0.345 e. The maximum absolute atomic E-state index is 12.8. The van der Waals surface area contributed by atoms with E-state index in [1.54, 1.807) is 4.57 Å². The molecule has 0 N–H and O–H groups in total. The van der Waals surface area contributed by atoms with Crippen LogP contribution in [0.15, 0.2) is 53.3 Å². The topological polar surface area (TPSA) is 39.8 Å². The van der Waals surface area contributed by atoms with Gasteiger partial charge < -0.3 is 4.57 Å². The molecule has 0 unspecified atom stereocenters. The lowest BCUT2D eigenvalue weighted by molar-refractivity contribution is 0.708. The third kappa shape index (κ3) is 2.78. The van der Waals surface area contributed by atoms with Crippen LogP contribution in [0.2, 0.25) is 0 Å². The van der Waals surface area contributed by atoms with E-state index in [2.05, 4.69) is 48.8 Å². The van der Waals surface area contributed by atoms with E-state index in [4.69, 9.17) is 4.98 Å². The van der Waals surface area contributed by atoms with Gasteiger partial charge in [0.25, 0.3) is 5.56 Å². The Balaban J connectivity index is 1.91. The first-order chi connectivity index (χ1) is 13.2. The average Bonchev–Trinajstić information content (AvgIpc) is 2.97. The summed E-state index contributed by atoms with van der Waals surface area (Å²) in [5.41, 5.74) is 4.38. The van der Waals surface area contributed by atoms with E-state index in [1.807, 2.05) is 37.3 Å². The van der Waals surface area contributed by atoms with Gasteiger partial charge in [0.05, 0.1) is 10.9 Å². The van der Waals surface area contributed by atoms with Crippen molar-refractivity contribution in [1.82, 2.24) is 14.1 Å². The molecule has 136 valence electrons. The van der Waals surface area contributed by atoms with Crippen molar-refractivity contribution in [3.8, 4) is 0 Å². The fourth-order valence-electron chi connectivity index (χ4n) is 3.85. The van der Waals surface area contributed by atoms with Crippen LogP contribution in [0.3, 0.4) is 0 Å². The molecule has 0 aliphatic heterocycles. The molecule has 2 aromatic carbocycles. The van der Waals surface area contributed by atoms with E-state index in [9.17, 15) is 4.79 Å². The number of rotatable bonds is 4. The third-order valence-electron chi connectivity index (χ3n) is 5.20. The summed E-state index contributed by atoms with van der Waals surface area (Å²) in [7, 11) is 0. The Kier molecular flexibility index (Phi) is 4.40.